The van der Waals surface area contributed by atoms with Crippen molar-refractivity contribution >= 4 is 5.69 Å². The fraction of sp³-hybridized carbons (Fsp3) is 0.200. The number of halogens is 1. The van der Waals surface area contributed by atoms with Crippen LogP contribution in [0.2, 0.25) is 0 Å². The zero-order valence-corrected chi connectivity index (χ0v) is 11.5. The molecule has 1 atom stereocenters. The maximum absolute atomic E-state index is 13.9. The summed E-state index contributed by atoms with van der Waals surface area (Å²) < 4.78 is 19.2. The highest BCUT2D eigenvalue weighted by atomic mass is 19.1. The van der Waals surface area contributed by atoms with Crippen LogP contribution in [-0.2, 0) is 0 Å². The van der Waals surface area contributed by atoms with Crippen LogP contribution in [0.4, 0.5) is 10.1 Å². The van der Waals surface area contributed by atoms with E-state index in [1.807, 2.05) is 0 Å². The fourth-order valence-electron chi connectivity index (χ4n) is 1.83. The fourth-order valence-corrected chi connectivity index (χ4v) is 1.83. The van der Waals surface area contributed by atoms with E-state index < -0.39 is 16.8 Å². The largest absolute Gasteiger partial charge is 0.447 e. The number of aliphatic hydroxyl groups excluding tert-OH is 1. The maximum Gasteiger partial charge on any atom is 0.311 e. The van der Waals surface area contributed by atoms with Crippen LogP contribution in [0.15, 0.2) is 36.4 Å². The van der Waals surface area contributed by atoms with Gasteiger partial charge in [0.05, 0.1) is 11.0 Å². The first-order valence-electron chi connectivity index (χ1n) is 6.29. The van der Waals surface area contributed by atoms with Crippen LogP contribution in [0.5, 0.6) is 11.5 Å². The van der Waals surface area contributed by atoms with Crippen molar-refractivity contribution in [3.8, 4) is 11.5 Å². The Morgan fingerprint density at radius 1 is 1.24 bits per heavy atom. The predicted molar refractivity (Wildman–Crippen MR) is 74.9 cm³/mol. The molecule has 0 bridgehead atoms. The molecule has 0 saturated carbocycles. The number of nitrogens with zero attached hydrogens (tertiary/aromatic N) is 1. The molecule has 2 aromatic rings. The van der Waals surface area contributed by atoms with E-state index in [-0.39, 0.29) is 17.2 Å². The number of benzene rings is 2. The Morgan fingerprint density at radius 3 is 2.52 bits per heavy atom. The number of nitro benzene ring substituents is 1. The topological polar surface area (TPSA) is 72.6 Å². The molecule has 0 saturated heterocycles. The summed E-state index contributed by atoms with van der Waals surface area (Å²) in [5.41, 5.74) is 0.926. The molecular formula is C15H14FNO4. The molecule has 0 radical (unpaired) electrons. The van der Waals surface area contributed by atoms with Crippen LogP contribution >= 0.6 is 0 Å². The number of rotatable bonds is 4. The highest BCUT2D eigenvalue weighted by molar-refractivity contribution is 5.50. The minimum Gasteiger partial charge on any atom is -0.447 e. The number of ether oxygens (including phenoxy) is 1. The Morgan fingerprint density at radius 2 is 1.95 bits per heavy atom. The van der Waals surface area contributed by atoms with E-state index in [4.69, 9.17) is 4.74 Å². The zero-order valence-electron chi connectivity index (χ0n) is 11.5. The lowest BCUT2D eigenvalue weighted by Gasteiger charge is -2.10. The zero-order chi connectivity index (χ0) is 15.6. The van der Waals surface area contributed by atoms with Gasteiger partial charge in [0.15, 0.2) is 11.6 Å². The van der Waals surface area contributed by atoms with Gasteiger partial charge in [-0.3, -0.25) is 10.1 Å². The van der Waals surface area contributed by atoms with Crippen molar-refractivity contribution < 1.29 is 19.2 Å². The molecule has 0 aliphatic rings. The molecule has 5 nitrogen and oxygen atoms in total. The molecule has 2 aromatic carbocycles. The van der Waals surface area contributed by atoms with E-state index in [9.17, 15) is 19.6 Å². The summed E-state index contributed by atoms with van der Waals surface area (Å²) in [5, 5.41) is 20.3. The summed E-state index contributed by atoms with van der Waals surface area (Å²) in [4.78, 5) is 10.4. The summed E-state index contributed by atoms with van der Waals surface area (Å²) in [7, 11) is 0. The maximum atomic E-state index is 13.9. The molecular weight excluding hydrogens is 277 g/mol. The van der Waals surface area contributed by atoms with Gasteiger partial charge in [-0.15, -0.1) is 0 Å². The summed E-state index contributed by atoms with van der Waals surface area (Å²) in [5.74, 6) is -0.846. The van der Waals surface area contributed by atoms with Gasteiger partial charge in [0.2, 0.25) is 5.75 Å². The third kappa shape index (κ3) is 3.35. The molecule has 0 amide bonds. The Bertz CT molecular complexity index is 685. The van der Waals surface area contributed by atoms with Crippen molar-refractivity contribution in [3.05, 3.63) is 63.5 Å². The molecule has 6 heteroatoms. The molecule has 1 N–H and O–H groups in total. The van der Waals surface area contributed by atoms with E-state index in [0.29, 0.717) is 5.56 Å². The van der Waals surface area contributed by atoms with E-state index in [2.05, 4.69) is 0 Å². The van der Waals surface area contributed by atoms with E-state index >= 15 is 0 Å². The van der Waals surface area contributed by atoms with Gasteiger partial charge in [-0.05, 0) is 43.2 Å². The Hall–Kier alpha value is -2.47. The molecule has 2 rings (SSSR count). The van der Waals surface area contributed by atoms with Crippen molar-refractivity contribution in [2.45, 2.75) is 20.0 Å². The lowest BCUT2D eigenvalue weighted by atomic mass is 10.1. The van der Waals surface area contributed by atoms with Crippen LogP contribution in [0.1, 0.15) is 24.2 Å². The van der Waals surface area contributed by atoms with E-state index in [1.165, 1.54) is 31.2 Å². The van der Waals surface area contributed by atoms with Gasteiger partial charge in [0, 0.05) is 6.07 Å². The predicted octanol–water partition coefficient (Wildman–Crippen LogP) is 3.89. The molecule has 0 aliphatic carbocycles. The van der Waals surface area contributed by atoms with Crippen molar-refractivity contribution in [2.24, 2.45) is 0 Å². The van der Waals surface area contributed by atoms with Crippen molar-refractivity contribution in [1.82, 2.24) is 0 Å². The quantitative estimate of drug-likeness (QED) is 0.685. The minimum atomic E-state index is -0.804. The summed E-state index contributed by atoms with van der Waals surface area (Å²) in [6, 6.07) is 8.35. The first kappa shape index (κ1) is 14.9. The smallest absolute Gasteiger partial charge is 0.311 e. The molecule has 110 valence electrons. The van der Waals surface area contributed by atoms with Gasteiger partial charge in [-0.1, -0.05) is 12.1 Å². The highest BCUT2D eigenvalue weighted by Crippen LogP contribution is 2.34. The van der Waals surface area contributed by atoms with Gasteiger partial charge in [-0.2, -0.15) is 0 Å². The van der Waals surface area contributed by atoms with E-state index in [1.54, 1.807) is 13.0 Å². The second-order valence-electron chi connectivity index (χ2n) is 4.70. The molecule has 0 spiro atoms. The normalized spacial score (nSPS) is 12.0. The number of aliphatic hydroxyl groups is 1. The van der Waals surface area contributed by atoms with Crippen LogP contribution in [0.25, 0.3) is 0 Å². The lowest BCUT2D eigenvalue weighted by molar-refractivity contribution is -0.385. The SMILES string of the molecule is Cc1ccc([N+](=O)[O-])c(Oc2ccc(C(C)O)cc2F)c1. The minimum absolute atomic E-state index is 0.0244. The van der Waals surface area contributed by atoms with Crippen molar-refractivity contribution in [3.63, 3.8) is 0 Å². The first-order valence-corrected chi connectivity index (χ1v) is 6.29. The van der Waals surface area contributed by atoms with Gasteiger partial charge < -0.3 is 9.84 Å². The van der Waals surface area contributed by atoms with Crippen LogP contribution in [0.3, 0.4) is 0 Å². The third-order valence-corrected chi connectivity index (χ3v) is 2.97. The molecule has 0 fully saturated rings. The Kier molecular flexibility index (Phi) is 4.18. The van der Waals surface area contributed by atoms with Crippen molar-refractivity contribution in [2.75, 3.05) is 0 Å². The average Bonchev–Trinajstić information content (AvgIpc) is 2.40. The molecule has 0 aliphatic heterocycles. The number of aryl methyl sites for hydroxylation is 1. The molecule has 1 unspecified atom stereocenters. The van der Waals surface area contributed by atoms with Gasteiger partial charge in [0.25, 0.3) is 0 Å². The summed E-state index contributed by atoms with van der Waals surface area (Å²) in [6.45, 7) is 3.27. The van der Waals surface area contributed by atoms with Crippen molar-refractivity contribution in [1.29, 1.82) is 0 Å². The van der Waals surface area contributed by atoms with Gasteiger partial charge >= 0.3 is 5.69 Å². The van der Waals surface area contributed by atoms with Crippen LogP contribution < -0.4 is 4.74 Å². The third-order valence-electron chi connectivity index (χ3n) is 2.97. The molecule has 0 aromatic heterocycles. The monoisotopic (exact) mass is 291 g/mol. The number of hydrogen-bond donors (Lipinski definition) is 1. The van der Waals surface area contributed by atoms with Crippen LogP contribution in [0, 0.1) is 22.9 Å². The number of nitro groups is 1. The highest BCUT2D eigenvalue weighted by Gasteiger charge is 2.17. The number of hydrogen-bond acceptors (Lipinski definition) is 4. The molecule has 21 heavy (non-hydrogen) atoms. The van der Waals surface area contributed by atoms with Gasteiger partial charge in [-0.25, -0.2) is 4.39 Å². The van der Waals surface area contributed by atoms with Crippen LogP contribution in [-0.4, -0.2) is 10.0 Å². The average molecular weight is 291 g/mol. The summed E-state index contributed by atoms with van der Waals surface area (Å²) in [6.07, 6.45) is -0.804. The summed E-state index contributed by atoms with van der Waals surface area (Å²) >= 11 is 0. The Balaban J connectivity index is 2.38. The second kappa shape index (κ2) is 5.88. The standard InChI is InChI=1S/C15H14FNO4/c1-9-3-5-13(17(19)20)15(7-9)21-14-6-4-11(10(2)18)8-12(14)16/h3-8,10,18H,1-2H3. The first-order chi connectivity index (χ1) is 9.88. The Labute approximate surface area is 120 Å². The van der Waals surface area contributed by atoms with E-state index in [0.717, 1.165) is 11.6 Å². The lowest BCUT2D eigenvalue weighted by Crippen LogP contribution is -1.97. The second-order valence-corrected chi connectivity index (χ2v) is 4.70. The van der Waals surface area contributed by atoms with Gasteiger partial charge in [0.1, 0.15) is 0 Å². The molecule has 0 heterocycles.